The Morgan fingerprint density at radius 2 is 1.44 bits per heavy atom. The van der Waals surface area contributed by atoms with Crippen molar-refractivity contribution < 1.29 is 19.1 Å². The van der Waals surface area contributed by atoms with E-state index in [2.05, 4.69) is 0 Å². The summed E-state index contributed by atoms with van der Waals surface area (Å²) in [5, 5.41) is 0. The van der Waals surface area contributed by atoms with Crippen LogP contribution in [0, 0.1) is 0 Å². The van der Waals surface area contributed by atoms with Gasteiger partial charge in [-0.3, -0.25) is 9.59 Å². The Morgan fingerprint density at radius 3 is 1.94 bits per heavy atom. The summed E-state index contributed by atoms with van der Waals surface area (Å²) in [5.74, 6) is -2.41. The molecule has 2 aliphatic rings. The Bertz CT molecular complexity index is 435. The van der Waals surface area contributed by atoms with Gasteiger partial charge in [-0.1, -0.05) is 24.3 Å². The van der Waals surface area contributed by atoms with Crippen molar-refractivity contribution in [2.45, 2.75) is 12.2 Å². The fourth-order valence-corrected chi connectivity index (χ4v) is 2.13. The minimum Gasteiger partial charge on any atom is -0.337 e. The van der Waals surface area contributed by atoms with Gasteiger partial charge in [0.05, 0.1) is 13.2 Å². The van der Waals surface area contributed by atoms with E-state index in [1.165, 1.54) is 0 Å². The average Bonchev–Trinajstić information content (AvgIpc) is 2.55. The van der Waals surface area contributed by atoms with Crippen molar-refractivity contribution in [3.8, 4) is 0 Å². The number of rotatable bonds is 0. The van der Waals surface area contributed by atoms with Gasteiger partial charge < -0.3 is 9.47 Å². The molecule has 1 spiro atoms. The molecule has 1 aromatic rings. The van der Waals surface area contributed by atoms with Crippen LogP contribution >= 0.6 is 0 Å². The maximum Gasteiger partial charge on any atom is 0.299 e. The number of ketones is 2. The number of hydrogen-bond donors (Lipinski definition) is 0. The minimum atomic E-state index is -1.68. The van der Waals surface area contributed by atoms with E-state index in [1.54, 1.807) is 24.3 Å². The normalized spacial score (nSPS) is 22.5. The van der Waals surface area contributed by atoms with Crippen molar-refractivity contribution in [1.82, 2.24) is 0 Å². The number of hydrogen-bond acceptors (Lipinski definition) is 4. The summed E-state index contributed by atoms with van der Waals surface area (Å²) in [6.45, 7) is 0.761. The van der Waals surface area contributed by atoms with Crippen LogP contribution in [0.25, 0.3) is 0 Å². The standard InChI is InChI=1S/C12H10O4/c13-10-8-4-1-2-5-9(8)11(14)12(10)15-6-3-7-16-12/h1-2,4-5H,3,6-7H2. The maximum atomic E-state index is 12.1. The highest BCUT2D eigenvalue weighted by atomic mass is 16.7. The molecule has 0 unspecified atom stereocenters. The third-order valence-electron chi connectivity index (χ3n) is 2.91. The van der Waals surface area contributed by atoms with E-state index in [1.807, 2.05) is 0 Å². The lowest BCUT2D eigenvalue weighted by Crippen LogP contribution is -2.50. The number of benzene rings is 1. The predicted molar refractivity (Wildman–Crippen MR) is 54.4 cm³/mol. The van der Waals surface area contributed by atoms with Crippen LogP contribution in [0.2, 0.25) is 0 Å². The lowest BCUT2D eigenvalue weighted by molar-refractivity contribution is -0.199. The predicted octanol–water partition coefficient (Wildman–Crippen LogP) is 1.20. The molecule has 82 valence electrons. The highest BCUT2D eigenvalue weighted by Crippen LogP contribution is 2.35. The summed E-state index contributed by atoms with van der Waals surface area (Å²) in [5.41, 5.74) is 0.795. The van der Waals surface area contributed by atoms with E-state index in [0.29, 0.717) is 30.8 Å². The Kier molecular flexibility index (Phi) is 1.96. The van der Waals surface area contributed by atoms with E-state index < -0.39 is 5.79 Å². The van der Waals surface area contributed by atoms with Crippen LogP contribution < -0.4 is 0 Å². The van der Waals surface area contributed by atoms with Gasteiger partial charge >= 0.3 is 0 Å². The third kappa shape index (κ3) is 1.06. The maximum absolute atomic E-state index is 12.1. The lowest BCUT2D eigenvalue weighted by atomic mass is 10.1. The first-order chi connectivity index (χ1) is 7.76. The lowest BCUT2D eigenvalue weighted by Gasteiger charge is -2.30. The number of fused-ring (bicyclic) bond motifs is 1. The summed E-state index contributed by atoms with van der Waals surface area (Å²) in [4.78, 5) is 24.2. The van der Waals surface area contributed by atoms with Crippen molar-refractivity contribution in [3.05, 3.63) is 35.4 Å². The highest BCUT2D eigenvalue weighted by molar-refractivity contribution is 6.31. The topological polar surface area (TPSA) is 52.6 Å². The fraction of sp³-hybridized carbons (Fsp3) is 0.333. The molecule has 0 radical (unpaired) electrons. The molecular weight excluding hydrogens is 208 g/mol. The van der Waals surface area contributed by atoms with Gasteiger partial charge in [-0.15, -0.1) is 0 Å². The molecule has 0 aromatic heterocycles. The zero-order valence-corrected chi connectivity index (χ0v) is 8.56. The van der Waals surface area contributed by atoms with Gasteiger partial charge in [0, 0.05) is 11.1 Å². The Morgan fingerprint density at radius 1 is 0.938 bits per heavy atom. The molecule has 1 aliphatic carbocycles. The first kappa shape index (κ1) is 9.69. The van der Waals surface area contributed by atoms with Crippen LogP contribution in [0.5, 0.6) is 0 Å². The second-order valence-electron chi connectivity index (χ2n) is 3.87. The fourth-order valence-electron chi connectivity index (χ4n) is 2.13. The summed E-state index contributed by atoms with van der Waals surface area (Å²) < 4.78 is 10.6. The van der Waals surface area contributed by atoms with Crippen LogP contribution in [0.4, 0.5) is 0 Å². The van der Waals surface area contributed by atoms with Crippen LogP contribution in [-0.2, 0) is 9.47 Å². The van der Waals surface area contributed by atoms with Gasteiger partial charge in [-0.25, -0.2) is 0 Å². The molecule has 0 atom stereocenters. The highest BCUT2D eigenvalue weighted by Gasteiger charge is 2.56. The largest absolute Gasteiger partial charge is 0.337 e. The van der Waals surface area contributed by atoms with Gasteiger partial charge in [0.2, 0.25) is 11.6 Å². The van der Waals surface area contributed by atoms with Crippen LogP contribution in [0.1, 0.15) is 27.1 Å². The average molecular weight is 218 g/mol. The molecule has 0 amide bonds. The zero-order valence-electron chi connectivity index (χ0n) is 8.56. The minimum absolute atomic E-state index is 0.368. The molecule has 1 aromatic carbocycles. The third-order valence-corrected chi connectivity index (χ3v) is 2.91. The van der Waals surface area contributed by atoms with Crippen molar-refractivity contribution in [2.24, 2.45) is 0 Å². The number of carbonyl (C=O) groups excluding carboxylic acids is 2. The zero-order chi connectivity index (χ0) is 11.2. The van der Waals surface area contributed by atoms with E-state index in [-0.39, 0.29) is 11.6 Å². The number of Topliss-reactive ketones (excluding diaryl/α,β-unsaturated/α-hetero) is 2. The van der Waals surface area contributed by atoms with Crippen molar-refractivity contribution in [3.63, 3.8) is 0 Å². The molecule has 1 saturated heterocycles. The van der Waals surface area contributed by atoms with Crippen LogP contribution in [0.15, 0.2) is 24.3 Å². The van der Waals surface area contributed by atoms with E-state index in [9.17, 15) is 9.59 Å². The molecule has 0 N–H and O–H groups in total. The molecular formula is C12H10O4. The second-order valence-corrected chi connectivity index (χ2v) is 3.87. The van der Waals surface area contributed by atoms with Crippen molar-refractivity contribution >= 4 is 11.6 Å². The summed E-state index contributed by atoms with van der Waals surface area (Å²) in [6.07, 6.45) is 0.707. The van der Waals surface area contributed by atoms with E-state index >= 15 is 0 Å². The second kappa shape index (κ2) is 3.23. The SMILES string of the molecule is O=C1c2ccccc2C(=O)C12OCCCO2. The quantitative estimate of drug-likeness (QED) is 0.614. The van der Waals surface area contributed by atoms with Gasteiger partial charge in [-0.05, 0) is 6.42 Å². The first-order valence-corrected chi connectivity index (χ1v) is 5.22. The molecule has 1 heterocycles. The first-order valence-electron chi connectivity index (χ1n) is 5.22. The number of ether oxygens (including phenoxy) is 2. The summed E-state index contributed by atoms with van der Waals surface area (Å²) in [6, 6.07) is 6.72. The van der Waals surface area contributed by atoms with Crippen molar-refractivity contribution in [1.29, 1.82) is 0 Å². The molecule has 0 bridgehead atoms. The number of carbonyl (C=O) groups is 2. The molecule has 0 saturated carbocycles. The van der Waals surface area contributed by atoms with Crippen molar-refractivity contribution in [2.75, 3.05) is 13.2 Å². The smallest absolute Gasteiger partial charge is 0.299 e. The van der Waals surface area contributed by atoms with Crippen LogP contribution in [0.3, 0.4) is 0 Å². The molecule has 16 heavy (non-hydrogen) atoms. The van der Waals surface area contributed by atoms with E-state index in [4.69, 9.17) is 9.47 Å². The molecule has 4 heteroatoms. The molecule has 3 rings (SSSR count). The summed E-state index contributed by atoms with van der Waals surface area (Å²) >= 11 is 0. The molecule has 1 aliphatic heterocycles. The van der Waals surface area contributed by atoms with Gasteiger partial charge in [-0.2, -0.15) is 0 Å². The Balaban J connectivity index is 2.13. The van der Waals surface area contributed by atoms with Gasteiger partial charge in [0.1, 0.15) is 0 Å². The summed E-state index contributed by atoms with van der Waals surface area (Å²) in [7, 11) is 0. The molecule has 4 nitrogen and oxygen atoms in total. The van der Waals surface area contributed by atoms with E-state index in [0.717, 1.165) is 0 Å². The Labute approximate surface area is 92.2 Å². The monoisotopic (exact) mass is 218 g/mol. The Hall–Kier alpha value is -1.52. The molecule has 1 fully saturated rings. The van der Waals surface area contributed by atoms with Gasteiger partial charge in [0.25, 0.3) is 5.79 Å². The van der Waals surface area contributed by atoms with Gasteiger partial charge in [0.15, 0.2) is 0 Å². The van der Waals surface area contributed by atoms with Crippen LogP contribution in [-0.4, -0.2) is 30.6 Å².